The number of carboxylic acid groups (broad SMARTS) is 1. The molecule has 59 heavy (non-hydrogen) atoms. The van der Waals surface area contributed by atoms with Crippen LogP contribution in [0.5, 0.6) is 11.5 Å². The number of benzene rings is 5. The third-order valence-electron chi connectivity index (χ3n) is 10.9. The van der Waals surface area contributed by atoms with Crippen molar-refractivity contribution in [2.24, 2.45) is 0 Å². The first-order valence-electron chi connectivity index (χ1n) is 19.8. The minimum atomic E-state index is -2.30. The number of aliphatic hydroxyl groups excluding tert-OH is 1. The molecular weight excluding hydrogens is 749 g/mol. The number of ether oxygens (including phenoxy) is 1. The molecule has 1 aliphatic heterocycles. The van der Waals surface area contributed by atoms with Gasteiger partial charge in [0, 0.05) is 60.9 Å². The highest BCUT2D eigenvalue weighted by Crippen LogP contribution is 2.39. The molecule has 0 radical (unpaired) electrons. The number of hydrogen-bond acceptors (Lipinski definition) is 9. The smallest absolute Gasteiger partial charge is 0.345 e. The van der Waals surface area contributed by atoms with Crippen LogP contribution in [0.4, 0.5) is 0 Å². The zero-order valence-electron chi connectivity index (χ0n) is 32.5. The second-order valence-electron chi connectivity index (χ2n) is 14.9. The van der Waals surface area contributed by atoms with E-state index in [4.69, 9.17) is 4.74 Å². The zero-order chi connectivity index (χ0) is 41.4. The first kappa shape index (κ1) is 40.9. The lowest BCUT2D eigenvalue weighted by molar-refractivity contribution is -0.155. The van der Waals surface area contributed by atoms with Gasteiger partial charge in [-0.05, 0) is 84.0 Å². The maximum Gasteiger partial charge on any atom is 0.345 e. The molecule has 1 saturated heterocycles. The van der Waals surface area contributed by atoms with Crippen molar-refractivity contribution in [3.63, 3.8) is 0 Å². The summed E-state index contributed by atoms with van der Waals surface area (Å²) in [5.74, 6) is -1.21. The Hall–Kier alpha value is -6.31. The van der Waals surface area contributed by atoms with Crippen LogP contribution in [0, 0.1) is 0 Å². The van der Waals surface area contributed by atoms with E-state index in [2.05, 4.69) is 32.7 Å². The van der Waals surface area contributed by atoms with Crippen molar-refractivity contribution in [2.45, 2.75) is 43.6 Å². The van der Waals surface area contributed by atoms with Gasteiger partial charge in [-0.1, -0.05) is 84.9 Å². The van der Waals surface area contributed by atoms with E-state index in [-0.39, 0.29) is 47.4 Å². The first-order valence-corrected chi connectivity index (χ1v) is 19.8. The molecule has 1 aromatic heterocycles. The number of carbonyl (C=O) groups is 2. The molecule has 7 N–H and O–H groups in total. The van der Waals surface area contributed by atoms with Crippen molar-refractivity contribution in [3.05, 3.63) is 177 Å². The number of amides is 1. The molecule has 304 valence electrons. The molecule has 7 rings (SSSR count). The molecule has 12 nitrogen and oxygen atoms in total. The molecule has 12 heteroatoms. The number of pyridine rings is 1. The second kappa shape index (κ2) is 18.5. The molecule has 1 fully saturated rings. The highest BCUT2D eigenvalue weighted by molar-refractivity contribution is 5.94. The number of nitrogens with zero attached hydrogens (tertiary/aromatic N) is 1. The molecular formula is C47H48N4O8. The summed E-state index contributed by atoms with van der Waals surface area (Å²) in [6.45, 7) is 3.68. The fourth-order valence-electron chi connectivity index (χ4n) is 7.81. The lowest BCUT2D eigenvalue weighted by Gasteiger charge is -2.29. The quantitative estimate of drug-likeness (QED) is 0.0577. The summed E-state index contributed by atoms with van der Waals surface area (Å²) in [6.07, 6.45) is 0.444. The van der Waals surface area contributed by atoms with Crippen molar-refractivity contribution >= 4 is 22.8 Å². The predicted octanol–water partition coefficient (Wildman–Crippen LogP) is 5.57. The van der Waals surface area contributed by atoms with Crippen molar-refractivity contribution in [3.8, 4) is 11.5 Å². The lowest BCUT2D eigenvalue weighted by atomic mass is 9.80. The van der Waals surface area contributed by atoms with E-state index in [0.717, 1.165) is 37.2 Å². The van der Waals surface area contributed by atoms with Crippen LogP contribution in [-0.2, 0) is 23.5 Å². The number of phenols is 1. The van der Waals surface area contributed by atoms with E-state index >= 15 is 0 Å². The number of aromatic hydroxyl groups is 1. The SMILES string of the molecule is O=C(NCCCOc1cccc([C@@](O)(C(=O)O)c2ccccc2[C@H]2CCN(Cc3ccccc3)C2)c1)c1ccc(CNC[C@H](O)c2ccc(O)c3[nH]c(=O)ccc23)cc1. The molecule has 0 aliphatic carbocycles. The number of carbonyl (C=O) groups excluding carboxylic acids is 1. The third kappa shape index (κ3) is 9.54. The molecule has 0 saturated carbocycles. The summed E-state index contributed by atoms with van der Waals surface area (Å²) in [6, 6.07) is 37.2. The number of H-pyrrole nitrogens is 1. The molecule has 2 heterocycles. The van der Waals surface area contributed by atoms with Gasteiger partial charge in [0.15, 0.2) is 0 Å². The summed E-state index contributed by atoms with van der Waals surface area (Å²) in [5, 5.41) is 50.1. The van der Waals surface area contributed by atoms with Gasteiger partial charge in [0.05, 0.1) is 18.2 Å². The highest BCUT2D eigenvalue weighted by Gasteiger charge is 2.43. The number of carboxylic acids is 1. The molecule has 0 unspecified atom stereocenters. The molecule has 5 aromatic carbocycles. The Labute approximate surface area is 341 Å². The number of fused-ring (bicyclic) bond motifs is 1. The Kier molecular flexibility index (Phi) is 12.8. The standard InChI is InChI=1S/C47H48N4O8/c52-41-20-18-38(39-19-21-43(54)50-44(39)41)42(53)28-48-27-31-14-16-33(17-15-31)45(55)49-23-7-25-59-36-11-6-10-35(26-36)47(58,46(56)57)40-13-5-4-12-37(40)34-22-24-51(30-34)29-32-8-2-1-3-9-32/h1-6,8-21,26,34,42,48,52-53,58H,7,22-25,27-30H2,(H,49,55)(H,50,54)(H,56,57)/t34-,42-,47-/m0/s1. The number of aliphatic hydroxyl groups is 2. The number of phenolic OH excluding ortho intramolecular Hbond substituents is 1. The van der Waals surface area contributed by atoms with Crippen LogP contribution in [-0.4, -0.2) is 75.0 Å². The van der Waals surface area contributed by atoms with Gasteiger partial charge in [0.1, 0.15) is 11.5 Å². The van der Waals surface area contributed by atoms with Crippen LogP contribution in [0.15, 0.2) is 132 Å². The maximum atomic E-state index is 12.9. The van der Waals surface area contributed by atoms with E-state index < -0.39 is 17.7 Å². The normalized spacial score (nSPS) is 15.7. The van der Waals surface area contributed by atoms with Crippen LogP contribution in [0.25, 0.3) is 10.9 Å². The molecule has 0 bridgehead atoms. The van der Waals surface area contributed by atoms with E-state index in [1.165, 1.54) is 17.7 Å². The number of nitrogens with one attached hydrogen (secondary N) is 3. The minimum absolute atomic E-state index is 0.0617. The first-order chi connectivity index (χ1) is 28.6. The summed E-state index contributed by atoms with van der Waals surface area (Å²) >= 11 is 0. The Balaban J connectivity index is 0.886. The largest absolute Gasteiger partial charge is 0.506 e. The number of aromatic amines is 1. The fraction of sp³-hybridized carbons (Fsp3) is 0.255. The summed E-state index contributed by atoms with van der Waals surface area (Å²) in [7, 11) is 0. The molecule has 1 amide bonds. The van der Waals surface area contributed by atoms with Crippen molar-refractivity contribution in [2.75, 3.05) is 32.8 Å². The number of hydrogen-bond donors (Lipinski definition) is 7. The summed E-state index contributed by atoms with van der Waals surface area (Å²) in [4.78, 5) is 42.4. The molecule has 0 spiro atoms. The summed E-state index contributed by atoms with van der Waals surface area (Å²) in [5.41, 5.74) is 2.18. The number of aliphatic carboxylic acids is 1. The van der Waals surface area contributed by atoms with Crippen LogP contribution >= 0.6 is 0 Å². The predicted molar refractivity (Wildman–Crippen MR) is 224 cm³/mol. The van der Waals surface area contributed by atoms with Gasteiger partial charge in [-0.15, -0.1) is 0 Å². The van der Waals surface area contributed by atoms with E-state index in [1.807, 2.05) is 42.5 Å². The average Bonchev–Trinajstić information content (AvgIpc) is 3.72. The zero-order valence-corrected chi connectivity index (χ0v) is 32.5. The van der Waals surface area contributed by atoms with Crippen LogP contribution in [0.2, 0.25) is 0 Å². The third-order valence-corrected chi connectivity index (χ3v) is 10.9. The molecule has 6 aromatic rings. The van der Waals surface area contributed by atoms with E-state index in [9.17, 15) is 34.8 Å². The lowest BCUT2D eigenvalue weighted by Crippen LogP contribution is -2.38. The molecule has 3 atom stereocenters. The van der Waals surface area contributed by atoms with Gasteiger partial charge in [-0.3, -0.25) is 14.5 Å². The monoisotopic (exact) mass is 796 g/mol. The van der Waals surface area contributed by atoms with Crippen LogP contribution in [0.1, 0.15) is 68.6 Å². The minimum Gasteiger partial charge on any atom is -0.506 e. The van der Waals surface area contributed by atoms with Crippen molar-refractivity contribution in [1.82, 2.24) is 20.5 Å². The Morgan fingerprint density at radius 1 is 0.898 bits per heavy atom. The van der Waals surface area contributed by atoms with Gasteiger partial charge >= 0.3 is 5.97 Å². The number of likely N-dealkylation sites (tertiary alicyclic amines) is 1. The van der Waals surface area contributed by atoms with Crippen molar-refractivity contribution < 1.29 is 34.8 Å². The van der Waals surface area contributed by atoms with Gasteiger partial charge in [0.25, 0.3) is 5.91 Å². The average molecular weight is 797 g/mol. The fourth-order valence-corrected chi connectivity index (χ4v) is 7.81. The van der Waals surface area contributed by atoms with Crippen LogP contribution in [0.3, 0.4) is 0 Å². The number of aromatic nitrogens is 1. The van der Waals surface area contributed by atoms with E-state index in [1.54, 1.807) is 60.7 Å². The Morgan fingerprint density at radius 3 is 2.47 bits per heavy atom. The van der Waals surface area contributed by atoms with Gasteiger partial charge in [-0.25, -0.2) is 4.79 Å². The topological polar surface area (TPSA) is 184 Å². The maximum absolute atomic E-state index is 12.9. The van der Waals surface area contributed by atoms with E-state index in [0.29, 0.717) is 47.3 Å². The summed E-state index contributed by atoms with van der Waals surface area (Å²) < 4.78 is 5.96. The van der Waals surface area contributed by atoms with Gasteiger partial charge in [-0.2, -0.15) is 0 Å². The Bertz CT molecular complexity index is 2460. The van der Waals surface area contributed by atoms with Crippen LogP contribution < -0.4 is 20.9 Å². The molecule has 1 aliphatic rings. The Morgan fingerprint density at radius 2 is 1.68 bits per heavy atom. The van der Waals surface area contributed by atoms with Crippen molar-refractivity contribution in [1.29, 1.82) is 0 Å². The van der Waals surface area contributed by atoms with Gasteiger partial charge in [0.2, 0.25) is 11.2 Å². The number of rotatable bonds is 17. The second-order valence-corrected chi connectivity index (χ2v) is 14.9. The van der Waals surface area contributed by atoms with Gasteiger partial charge < -0.3 is 40.8 Å². The highest BCUT2D eigenvalue weighted by atomic mass is 16.5.